The molecule has 0 aromatic heterocycles. The second-order valence-corrected chi connectivity index (χ2v) is 10.7. The molecule has 30 heavy (non-hydrogen) atoms. The second kappa shape index (κ2) is 9.11. The molecule has 2 N–H and O–H groups in total. The molecule has 3 nitrogen and oxygen atoms in total. The first-order valence-corrected chi connectivity index (χ1v) is 11.0. The van der Waals surface area contributed by atoms with Gasteiger partial charge in [-0.25, -0.2) is 0 Å². The molecule has 0 heterocycles. The Hall–Kier alpha value is -1.84. The summed E-state index contributed by atoms with van der Waals surface area (Å²) in [6, 6.07) is 18.6. The lowest BCUT2D eigenvalue weighted by atomic mass is 9.72. The molecule has 0 aliphatic rings. The summed E-state index contributed by atoms with van der Waals surface area (Å²) in [7, 11) is 0. The highest BCUT2D eigenvalue weighted by atomic mass is 16.6. The normalized spacial score (nSPS) is 15.0. The summed E-state index contributed by atoms with van der Waals surface area (Å²) in [5.41, 5.74) is 7.93. The zero-order valence-corrected chi connectivity index (χ0v) is 20.2. The van der Waals surface area contributed by atoms with Gasteiger partial charge in [0.1, 0.15) is 11.4 Å². The Kier molecular flexibility index (Phi) is 7.42. The fourth-order valence-corrected chi connectivity index (χ4v) is 4.38. The van der Waals surface area contributed by atoms with Crippen molar-refractivity contribution in [3.05, 3.63) is 65.7 Å². The van der Waals surface area contributed by atoms with Crippen molar-refractivity contribution in [2.45, 2.75) is 85.0 Å². The molecule has 3 heteroatoms. The van der Waals surface area contributed by atoms with Gasteiger partial charge in [0, 0.05) is 13.0 Å². The number of benzene rings is 2. The standard InChI is InChI=1S/C27H41NO2/c1-9-29-27(28,19-21-13-11-10-12-14-21)26(7,8)30-23-17-15-22(16-18-23)25(5,6)20-24(2,3)4/h10-18H,9,19-20,28H2,1-8H3. The fraction of sp³-hybridized carbons (Fsp3) is 0.556. The maximum atomic E-state index is 6.79. The van der Waals surface area contributed by atoms with Gasteiger partial charge in [-0.2, -0.15) is 0 Å². The van der Waals surface area contributed by atoms with Crippen molar-refractivity contribution in [3.63, 3.8) is 0 Å². The van der Waals surface area contributed by atoms with Gasteiger partial charge in [-0.05, 0) is 61.3 Å². The van der Waals surface area contributed by atoms with E-state index < -0.39 is 11.3 Å². The van der Waals surface area contributed by atoms with Gasteiger partial charge in [-0.3, -0.25) is 5.73 Å². The van der Waals surface area contributed by atoms with Gasteiger partial charge in [0.2, 0.25) is 0 Å². The molecule has 0 spiro atoms. The monoisotopic (exact) mass is 411 g/mol. The quantitative estimate of drug-likeness (QED) is 0.480. The molecule has 2 rings (SSSR count). The van der Waals surface area contributed by atoms with Crippen molar-refractivity contribution in [2.24, 2.45) is 11.1 Å². The third-order valence-corrected chi connectivity index (χ3v) is 5.71. The van der Waals surface area contributed by atoms with Crippen LogP contribution in [-0.4, -0.2) is 17.9 Å². The van der Waals surface area contributed by atoms with E-state index in [4.69, 9.17) is 15.2 Å². The summed E-state index contributed by atoms with van der Waals surface area (Å²) in [5, 5.41) is 0. The van der Waals surface area contributed by atoms with Crippen LogP contribution < -0.4 is 10.5 Å². The Morgan fingerprint density at radius 2 is 1.37 bits per heavy atom. The molecular weight excluding hydrogens is 370 g/mol. The minimum atomic E-state index is -0.951. The first-order chi connectivity index (χ1) is 13.8. The summed E-state index contributed by atoms with van der Waals surface area (Å²) < 4.78 is 12.5. The van der Waals surface area contributed by atoms with Crippen LogP contribution in [0.4, 0.5) is 0 Å². The lowest BCUT2D eigenvalue weighted by Crippen LogP contribution is -2.63. The molecule has 0 aliphatic carbocycles. The van der Waals surface area contributed by atoms with Crippen LogP contribution in [0, 0.1) is 5.41 Å². The maximum Gasteiger partial charge on any atom is 0.160 e. The Morgan fingerprint density at radius 1 is 0.800 bits per heavy atom. The van der Waals surface area contributed by atoms with Crippen LogP contribution in [0.3, 0.4) is 0 Å². The summed E-state index contributed by atoms with van der Waals surface area (Å²) in [5.74, 6) is 0.804. The SMILES string of the molecule is CCOC(N)(Cc1ccccc1)C(C)(C)Oc1ccc(C(C)(C)CC(C)(C)C)cc1. The van der Waals surface area contributed by atoms with Gasteiger partial charge in [-0.15, -0.1) is 0 Å². The largest absolute Gasteiger partial charge is 0.483 e. The Labute approximate surface area is 184 Å². The highest BCUT2D eigenvalue weighted by Crippen LogP contribution is 2.37. The first-order valence-electron chi connectivity index (χ1n) is 11.0. The number of hydrogen-bond donors (Lipinski definition) is 1. The minimum Gasteiger partial charge on any atom is -0.483 e. The van der Waals surface area contributed by atoms with Crippen LogP contribution >= 0.6 is 0 Å². The van der Waals surface area contributed by atoms with Crippen LogP contribution in [0.5, 0.6) is 5.75 Å². The lowest BCUT2D eigenvalue weighted by molar-refractivity contribution is -0.149. The van der Waals surface area contributed by atoms with E-state index >= 15 is 0 Å². The van der Waals surface area contributed by atoms with Crippen LogP contribution in [0.1, 0.15) is 72.9 Å². The van der Waals surface area contributed by atoms with Gasteiger partial charge >= 0.3 is 0 Å². The van der Waals surface area contributed by atoms with Gasteiger partial charge in [0.05, 0.1) is 0 Å². The van der Waals surface area contributed by atoms with Gasteiger partial charge < -0.3 is 9.47 Å². The van der Waals surface area contributed by atoms with Crippen molar-refractivity contribution < 1.29 is 9.47 Å². The summed E-state index contributed by atoms with van der Waals surface area (Å²) in [4.78, 5) is 0. The van der Waals surface area contributed by atoms with E-state index in [0.29, 0.717) is 13.0 Å². The molecule has 1 atom stereocenters. The smallest absolute Gasteiger partial charge is 0.160 e. The van der Waals surface area contributed by atoms with Crippen LogP contribution in [0.25, 0.3) is 0 Å². The van der Waals surface area contributed by atoms with Crippen molar-refractivity contribution in [3.8, 4) is 5.75 Å². The molecule has 2 aromatic carbocycles. The molecule has 166 valence electrons. The summed E-state index contributed by atoms with van der Waals surface area (Å²) in [6.45, 7) is 18.0. The van der Waals surface area contributed by atoms with Crippen molar-refractivity contribution >= 4 is 0 Å². The van der Waals surface area contributed by atoms with E-state index in [0.717, 1.165) is 17.7 Å². The van der Waals surface area contributed by atoms with Gasteiger partial charge in [0.15, 0.2) is 5.72 Å². The molecule has 0 radical (unpaired) electrons. The van der Waals surface area contributed by atoms with E-state index in [-0.39, 0.29) is 10.8 Å². The zero-order chi connectivity index (χ0) is 22.6. The Morgan fingerprint density at radius 3 is 1.87 bits per heavy atom. The van der Waals surface area contributed by atoms with Crippen LogP contribution in [-0.2, 0) is 16.6 Å². The van der Waals surface area contributed by atoms with Crippen molar-refractivity contribution in [1.82, 2.24) is 0 Å². The van der Waals surface area contributed by atoms with E-state index in [1.807, 2.05) is 39.0 Å². The van der Waals surface area contributed by atoms with Crippen LogP contribution in [0.2, 0.25) is 0 Å². The van der Waals surface area contributed by atoms with Crippen molar-refractivity contribution in [1.29, 1.82) is 0 Å². The minimum absolute atomic E-state index is 0.0998. The third kappa shape index (κ3) is 6.33. The number of rotatable bonds is 9. The average Bonchev–Trinajstić information content (AvgIpc) is 2.60. The zero-order valence-electron chi connectivity index (χ0n) is 20.2. The maximum absolute atomic E-state index is 6.79. The summed E-state index contributed by atoms with van der Waals surface area (Å²) >= 11 is 0. The van der Waals surface area contributed by atoms with E-state index in [1.165, 1.54) is 5.56 Å². The lowest BCUT2D eigenvalue weighted by Gasteiger charge is -2.43. The Bertz CT molecular complexity index is 788. The second-order valence-electron chi connectivity index (χ2n) is 10.7. The predicted octanol–water partition coefficient (Wildman–Crippen LogP) is 6.49. The van der Waals surface area contributed by atoms with Gasteiger partial charge in [0.25, 0.3) is 0 Å². The van der Waals surface area contributed by atoms with E-state index in [9.17, 15) is 0 Å². The summed E-state index contributed by atoms with van der Waals surface area (Å²) in [6.07, 6.45) is 1.68. The molecule has 0 saturated heterocycles. The number of hydrogen-bond acceptors (Lipinski definition) is 3. The molecule has 0 saturated carbocycles. The molecule has 0 amide bonds. The van der Waals surface area contributed by atoms with E-state index in [1.54, 1.807) is 0 Å². The molecular formula is C27H41NO2. The highest BCUT2D eigenvalue weighted by molar-refractivity contribution is 5.32. The number of nitrogens with two attached hydrogens (primary N) is 1. The van der Waals surface area contributed by atoms with E-state index in [2.05, 4.69) is 71.0 Å². The molecule has 2 aromatic rings. The third-order valence-electron chi connectivity index (χ3n) is 5.71. The Balaban J connectivity index is 2.21. The number of ether oxygens (including phenoxy) is 2. The van der Waals surface area contributed by atoms with Crippen molar-refractivity contribution in [2.75, 3.05) is 6.61 Å². The molecule has 0 bridgehead atoms. The molecule has 0 aliphatic heterocycles. The van der Waals surface area contributed by atoms with Gasteiger partial charge in [-0.1, -0.05) is 77.1 Å². The van der Waals surface area contributed by atoms with Crippen LogP contribution in [0.15, 0.2) is 54.6 Å². The topological polar surface area (TPSA) is 44.5 Å². The first kappa shape index (κ1) is 24.4. The highest BCUT2D eigenvalue weighted by Gasteiger charge is 2.45. The molecule has 1 unspecified atom stereocenters. The molecule has 0 fully saturated rings. The fourth-order valence-electron chi connectivity index (χ4n) is 4.38. The average molecular weight is 412 g/mol. The predicted molar refractivity (Wildman–Crippen MR) is 127 cm³/mol.